The third-order valence-corrected chi connectivity index (χ3v) is 4.77. The molecule has 0 spiro atoms. The van der Waals surface area contributed by atoms with Crippen LogP contribution in [-0.2, 0) is 4.74 Å². The number of aromatic nitrogens is 1. The van der Waals surface area contributed by atoms with E-state index in [0.717, 1.165) is 37.2 Å². The summed E-state index contributed by atoms with van der Waals surface area (Å²) in [5, 5.41) is 3.56. The van der Waals surface area contributed by atoms with Crippen LogP contribution in [0.3, 0.4) is 0 Å². The highest BCUT2D eigenvalue weighted by Crippen LogP contribution is 2.36. The average Bonchev–Trinajstić information content (AvgIpc) is 2.50. The van der Waals surface area contributed by atoms with Gasteiger partial charge in [0.05, 0.1) is 6.04 Å². The van der Waals surface area contributed by atoms with Crippen molar-refractivity contribution in [2.24, 2.45) is 0 Å². The van der Waals surface area contributed by atoms with E-state index in [1.54, 1.807) is 0 Å². The fraction of sp³-hybridized carbons (Fsp3) is 0.684. The standard InChI is InChI=1S/C19H29N3O2/c1-19(2,3)24-18(23)22-13-5-4-11-16(22)15-10-7-12-20-17(15)21-14-8-6-9-14/h7,10,12,14,16H,4-6,8-9,11,13H2,1-3H3,(H,20,21)/t16-/m1/s1. The van der Waals surface area contributed by atoms with Gasteiger partial charge in [0.2, 0.25) is 0 Å². The largest absolute Gasteiger partial charge is 0.444 e. The van der Waals surface area contributed by atoms with E-state index in [4.69, 9.17) is 4.74 Å². The van der Waals surface area contributed by atoms with E-state index in [0.29, 0.717) is 6.04 Å². The van der Waals surface area contributed by atoms with Gasteiger partial charge in [-0.25, -0.2) is 9.78 Å². The Morgan fingerprint density at radius 2 is 2.04 bits per heavy atom. The second-order valence-electron chi connectivity index (χ2n) is 7.90. The maximum atomic E-state index is 12.7. The first-order valence-corrected chi connectivity index (χ1v) is 9.15. The second kappa shape index (κ2) is 6.99. The van der Waals surface area contributed by atoms with Crippen molar-refractivity contribution in [3.05, 3.63) is 23.9 Å². The quantitative estimate of drug-likeness (QED) is 0.885. The maximum absolute atomic E-state index is 12.7. The highest BCUT2D eigenvalue weighted by molar-refractivity contribution is 5.69. The van der Waals surface area contributed by atoms with Gasteiger partial charge in [-0.05, 0) is 65.4 Å². The number of anilines is 1. The molecule has 0 unspecified atom stereocenters. The van der Waals surface area contributed by atoms with E-state index in [1.165, 1.54) is 19.3 Å². The molecular weight excluding hydrogens is 302 g/mol. The van der Waals surface area contributed by atoms with Crippen LogP contribution in [0.4, 0.5) is 10.6 Å². The predicted octanol–water partition coefficient (Wildman–Crippen LogP) is 4.51. The molecule has 5 heteroatoms. The van der Waals surface area contributed by atoms with E-state index in [1.807, 2.05) is 37.9 Å². The lowest BCUT2D eigenvalue weighted by Gasteiger charge is -2.38. The Hall–Kier alpha value is -1.78. The number of likely N-dealkylation sites (tertiary alicyclic amines) is 1. The molecule has 1 amide bonds. The first-order chi connectivity index (χ1) is 11.4. The molecule has 1 aliphatic heterocycles. The van der Waals surface area contributed by atoms with E-state index >= 15 is 0 Å². The number of nitrogens with one attached hydrogen (secondary N) is 1. The number of carbonyl (C=O) groups excluding carboxylic acids is 1. The van der Waals surface area contributed by atoms with Crippen molar-refractivity contribution < 1.29 is 9.53 Å². The molecule has 2 fully saturated rings. The molecule has 3 rings (SSSR count). The summed E-state index contributed by atoms with van der Waals surface area (Å²) in [7, 11) is 0. The van der Waals surface area contributed by atoms with Crippen LogP contribution in [0.25, 0.3) is 0 Å². The minimum absolute atomic E-state index is 0.0462. The number of amides is 1. The number of ether oxygens (including phenoxy) is 1. The van der Waals surface area contributed by atoms with E-state index in [9.17, 15) is 4.79 Å². The molecular formula is C19H29N3O2. The van der Waals surface area contributed by atoms with Gasteiger partial charge in [0, 0.05) is 24.3 Å². The van der Waals surface area contributed by atoms with Crippen molar-refractivity contribution in [1.29, 1.82) is 0 Å². The van der Waals surface area contributed by atoms with Crippen molar-refractivity contribution in [2.75, 3.05) is 11.9 Å². The van der Waals surface area contributed by atoms with Gasteiger partial charge < -0.3 is 15.0 Å². The summed E-state index contributed by atoms with van der Waals surface area (Å²) < 4.78 is 5.63. The molecule has 1 aromatic rings. The normalized spacial score (nSPS) is 22.0. The number of carbonyl (C=O) groups is 1. The molecule has 2 heterocycles. The number of nitrogens with zero attached hydrogens (tertiary/aromatic N) is 2. The highest BCUT2D eigenvalue weighted by Gasteiger charge is 2.33. The number of rotatable bonds is 3. The third-order valence-electron chi connectivity index (χ3n) is 4.77. The minimum Gasteiger partial charge on any atom is -0.444 e. The van der Waals surface area contributed by atoms with Crippen molar-refractivity contribution in [2.45, 2.75) is 77.0 Å². The first kappa shape index (κ1) is 17.1. The van der Waals surface area contributed by atoms with Crippen LogP contribution in [0.1, 0.15) is 70.9 Å². The molecule has 1 atom stereocenters. The van der Waals surface area contributed by atoms with Crippen LogP contribution in [0, 0.1) is 0 Å². The Kier molecular flexibility index (Phi) is 4.97. The Morgan fingerprint density at radius 3 is 2.71 bits per heavy atom. The van der Waals surface area contributed by atoms with Gasteiger partial charge in [-0.15, -0.1) is 0 Å². The van der Waals surface area contributed by atoms with Gasteiger partial charge in [-0.2, -0.15) is 0 Å². The summed E-state index contributed by atoms with van der Waals surface area (Å²) in [6.45, 7) is 6.49. The molecule has 2 aliphatic rings. The van der Waals surface area contributed by atoms with Gasteiger partial charge >= 0.3 is 6.09 Å². The molecule has 0 radical (unpaired) electrons. The third kappa shape index (κ3) is 4.00. The van der Waals surface area contributed by atoms with Gasteiger partial charge in [0.25, 0.3) is 0 Å². The summed E-state index contributed by atoms with van der Waals surface area (Å²) in [5.41, 5.74) is 0.649. The molecule has 1 saturated heterocycles. The molecule has 132 valence electrons. The highest BCUT2D eigenvalue weighted by atomic mass is 16.6. The van der Waals surface area contributed by atoms with E-state index in [2.05, 4.69) is 16.4 Å². The lowest BCUT2D eigenvalue weighted by molar-refractivity contribution is 0.00957. The van der Waals surface area contributed by atoms with Crippen molar-refractivity contribution in [1.82, 2.24) is 9.88 Å². The second-order valence-corrected chi connectivity index (χ2v) is 7.90. The lowest BCUT2D eigenvalue weighted by Crippen LogP contribution is -2.42. The first-order valence-electron chi connectivity index (χ1n) is 9.15. The smallest absolute Gasteiger partial charge is 0.410 e. The van der Waals surface area contributed by atoms with Gasteiger partial charge in [0.1, 0.15) is 11.4 Å². The van der Waals surface area contributed by atoms with Gasteiger partial charge in [-0.3, -0.25) is 0 Å². The van der Waals surface area contributed by atoms with Gasteiger partial charge in [-0.1, -0.05) is 6.07 Å². The van der Waals surface area contributed by atoms with Crippen LogP contribution in [0.15, 0.2) is 18.3 Å². The van der Waals surface area contributed by atoms with Crippen LogP contribution in [-0.4, -0.2) is 34.2 Å². The molecule has 5 nitrogen and oxygen atoms in total. The molecule has 1 aromatic heterocycles. The van der Waals surface area contributed by atoms with Crippen LogP contribution < -0.4 is 5.32 Å². The van der Waals surface area contributed by atoms with E-state index in [-0.39, 0.29) is 12.1 Å². The topological polar surface area (TPSA) is 54.5 Å². The van der Waals surface area contributed by atoms with Crippen molar-refractivity contribution in [3.63, 3.8) is 0 Å². The molecule has 1 saturated carbocycles. The molecule has 0 aromatic carbocycles. The van der Waals surface area contributed by atoms with Crippen LogP contribution >= 0.6 is 0 Å². The maximum Gasteiger partial charge on any atom is 0.410 e. The van der Waals surface area contributed by atoms with Crippen molar-refractivity contribution >= 4 is 11.9 Å². The zero-order valence-corrected chi connectivity index (χ0v) is 15.0. The Bertz CT molecular complexity index is 578. The monoisotopic (exact) mass is 331 g/mol. The van der Waals surface area contributed by atoms with Gasteiger partial charge in [0.15, 0.2) is 0 Å². The summed E-state index contributed by atoms with van der Waals surface area (Å²) in [5.74, 6) is 0.933. The lowest BCUT2D eigenvalue weighted by atomic mass is 9.92. The zero-order valence-electron chi connectivity index (χ0n) is 15.0. The summed E-state index contributed by atoms with van der Waals surface area (Å²) >= 11 is 0. The molecule has 24 heavy (non-hydrogen) atoms. The molecule has 1 N–H and O–H groups in total. The predicted molar refractivity (Wildman–Crippen MR) is 95.0 cm³/mol. The zero-order chi connectivity index (χ0) is 17.2. The Balaban J connectivity index is 1.81. The Labute approximate surface area is 144 Å². The van der Waals surface area contributed by atoms with Crippen LogP contribution in [0.2, 0.25) is 0 Å². The fourth-order valence-corrected chi connectivity index (χ4v) is 3.35. The van der Waals surface area contributed by atoms with Crippen LogP contribution in [0.5, 0.6) is 0 Å². The molecule has 1 aliphatic carbocycles. The number of piperidine rings is 1. The average molecular weight is 331 g/mol. The summed E-state index contributed by atoms with van der Waals surface area (Å²) in [4.78, 5) is 19.1. The minimum atomic E-state index is -0.471. The number of hydrogen-bond donors (Lipinski definition) is 1. The fourth-order valence-electron chi connectivity index (χ4n) is 3.35. The number of hydrogen-bond acceptors (Lipinski definition) is 4. The van der Waals surface area contributed by atoms with Crippen molar-refractivity contribution in [3.8, 4) is 0 Å². The SMILES string of the molecule is CC(C)(C)OC(=O)N1CCCC[C@@H]1c1cccnc1NC1CCC1. The summed E-state index contributed by atoms with van der Waals surface area (Å²) in [6.07, 6.45) is 8.42. The molecule has 0 bridgehead atoms. The Morgan fingerprint density at radius 1 is 1.25 bits per heavy atom. The number of pyridine rings is 1. The summed E-state index contributed by atoms with van der Waals surface area (Å²) in [6, 6.07) is 4.63. The van der Waals surface area contributed by atoms with E-state index < -0.39 is 5.60 Å².